The fraction of sp³-hybridized carbons (Fsp3) is 0.0500. The first kappa shape index (κ1) is 14.3. The van der Waals surface area contributed by atoms with E-state index >= 15 is 0 Å². The molecular formula is C20H17N3O. The van der Waals surface area contributed by atoms with E-state index in [9.17, 15) is 0 Å². The Balaban J connectivity index is 1.85. The van der Waals surface area contributed by atoms with Crippen LogP contribution >= 0.6 is 0 Å². The summed E-state index contributed by atoms with van der Waals surface area (Å²) >= 11 is 0. The number of fused-ring (bicyclic) bond motifs is 1. The van der Waals surface area contributed by atoms with Gasteiger partial charge in [0.05, 0.1) is 19.0 Å². The maximum absolute atomic E-state index is 6.16. The molecule has 0 unspecified atom stereocenters. The fourth-order valence-electron chi connectivity index (χ4n) is 2.90. The smallest absolute Gasteiger partial charge is 0.137 e. The van der Waals surface area contributed by atoms with Crippen molar-refractivity contribution in [3.63, 3.8) is 0 Å². The highest BCUT2D eigenvalue weighted by Crippen LogP contribution is 2.32. The lowest BCUT2D eigenvalue weighted by molar-refractivity contribution is 0.415. The van der Waals surface area contributed by atoms with Crippen molar-refractivity contribution < 1.29 is 4.74 Å². The van der Waals surface area contributed by atoms with E-state index in [1.165, 1.54) is 0 Å². The lowest BCUT2D eigenvalue weighted by Gasteiger charge is -2.10. The van der Waals surface area contributed by atoms with E-state index in [4.69, 9.17) is 10.5 Å². The van der Waals surface area contributed by atoms with Crippen molar-refractivity contribution in [2.24, 2.45) is 0 Å². The van der Waals surface area contributed by atoms with Crippen LogP contribution in [-0.2, 0) is 0 Å². The highest BCUT2D eigenvalue weighted by atomic mass is 16.5. The number of pyridine rings is 1. The molecule has 2 N–H and O–H groups in total. The first-order valence-corrected chi connectivity index (χ1v) is 7.73. The standard InChI is InChI=1S/C20H17N3O/c1-24-16-8-9-18(21)17(12-16)14-5-4-6-15(11-14)19-13-22-20-7-2-3-10-23(19)20/h2-13H,21H2,1H3. The molecule has 2 heterocycles. The van der Waals surface area contributed by atoms with Crippen LogP contribution in [0.3, 0.4) is 0 Å². The first-order valence-electron chi connectivity index (χ1n) is 7.73. The van der Waals surface area contributed by atoms with E-state index in [2.05, 4.69) is 27.6 Å². The molecule has 0 aliphatic rings. The molecule has 0 radical (unpaired) electrons. The van der Waals surface area contributed by atoms with Crippen molar-refractivity contribution in [3.05, 3.63) is 73.1 Å². The molecule has 2 aromatic heterocycles. The molecule has 0 spiro atoms. The number of nitrogens with two attached hydrogens (primary N) is 1. The Morgan fingerprint density at radius 2 is 1.83 bits per heavy atom. The molecule has 24 heavy (non-hydrogen) atoms. The molecule has 4 heteroatoms. The molecule has 118 valence electrons. The zero-order valence-corrected chi connectivity index (χ0v) is 13.3. The third-order valence-corrected chi connectivity index (χ3v) is 4.15. The lowest BCUT2D eigenvalue weighted by atomic mass is 10.00. The van der Waals surface area contributed by atoms with Gasteiger partial charge in [-0.2, -0.15) is 0 Å². The second-order valence-electron chi connectivity index (χ2n) is 5.61. The van der Waals surface area contributed by atoms with Gasteiger partial charge >= 0.3 is 0 Å². The van der Waals surface area contributed by atoms with Crippen LogP contribution in [-0.4, -0.2) is 16.5 Å². The molecule has 0 saturated carbocycles. The first-order chi connectivity index (χ1) is 11.8. The fourth-order valence-corrected chi connectivity index (χ4v) is 2.90. The number of ether oxygens (including phenoxy) is 1. The van der Waals surface area contributed by atoms with Crippen LogP contribution in [0.1, 0.15) is 0 Å². The predicted octanol–water partition coefficient (Wildman–Crippen LogP) is 4.26. The number of benzene rings is 2. The minimum absolute atomic E-state index is 0.728. The molecule has 0 saturated heterocycles. The average molecular weight is 315 g/mol. The number of methoxy groups -OCH3 is 1. The van der Waals surface area contributed by atoms with E-state index in [1.54, 1.807) is 7.11 Å². The summed E-state index contributed by atoms with van der Waals surface area (Å²) in [5.41, 5.74) is 12.0. The van der Waals surface area contributed by atoms with Crippen LogP contribution in [0.5, 0.6) is 5.75 Å². The molecule has 0 bridgehead atoms. The van der Waals surface area contributed by atoms with Crippen molar-refractivity contribution in [3.8, 4) is 28.1 Å². The summed E-state index contributed by atoms with van der Waals surface area (Å²) in [5, 5.41) is 0. The summed E-state index contributed by atoms with van der Waals surface area (Å²) in [6.07, 6.45) is 3.91. The summed E-state index contributed by atoms with van der Waals surface area (Å²) in [5.74, 6) is 0.791. The molecular weight excluding hydrogens is 298 g/mol. The quantitative estimate of drug-likeness (QED) is 0.575. The SMILES string of the molecule is COc1ccc(N)c(-c2cccc(-c3cnc4ccccn34)c2)c1. The van der Waals surface area contributed by atoms with Gasteiger partial charge in [-0.05, 0) is 42.0 Å². The number of hydrogen-bond donors (Lipinski definition) is 1. The van der Waals surface area contributed by atoms with Crippen LogP contribution in [0.15, 0.2) is 73.1 Å². The van der Waals surface area contributed by atoms with Crippen LogP contribution in [0.4, 0.5) is 5.69 Å². The van der Waals surface area contributed by atoms with Gasteiger partial charge in [-0.3, -0.25) is 4.40 Å². The molecule has 4 nitrogen and oxygen atoms in total. The van der Waals surface area contributed by atoms with Gasteiger partial charge in [-0.15, -0.1) is 0 Å². The number of rotatable bonds is 3. The van der Waals surface area contributed by atoms with Crippen LogP contribution in [0.25, 0.3) is 28.0 Å². The van der Waals surface area contributed by atoms with Crippen molar-refractivity contribution in [2.75, 3.05) is 12.8 Å². The van der Waals surface area contributed by atoms with Crippen molar-refractivity contribution >= 4 is 11.3 Å². The largest absolute Gasteiger partial charge is 0.497 e. The van der Waals surface area contributed by atoms with Crippen molar-refractivity contribution in [1.29, 1.82) is 0 Å². The molecule has 0 amide bonds. The average Bonchev–Trinajstić information content (AvgIpc) is 3.06. The van der Waals surface area contributed by atoms with E-state index in [-0.39, 0.29) is 0 Å². The van der Waals surface area contributed by atoms with E-state index in [0.717, 1.165) is 39.5 Å². The Morgan fingerprint density at radius 3 is 2.71 bits per heavy atom. The maximum atomic E-state index is 6.16. The summed E-state index contributed by atoms with van der Waals surface area (Å²) in [6, 6.07) is 20.0. The van der Waals surface area contributed by atoms with Gasteiger partial charge in [0.25, 0.3) is 0 Å². The predicted molar refractivity (Wildman–Crippen MR) is 97.0 cm³/mol. The number of imidazole rings is 1. The van der Waals surface area contributed by atoms with E-state index in [0.29, 0.717) is 0 Å². The molecule has 2 aromatic carbocycles. The second kappa shape index (κ2) is 5.74. The van der Waals surface area contributed by atoms with Gasteiger partial charge < -0.3 is 10.5 Å². The number of anilines is 1. The zero-order valence-electron chi connectivity index (χ0n) is 13.3. The lowest BCUT2D eigenvalue weighted by Crippen LogP contribution is -1.93. The topological polar surface area (TPSA) is 52.5 Å². The van der Waals surface area contributed by atoms with Crippen LogP contribution in [0.2, 0.25) is 0 Å². The van der Waals surface area contributed by atoms with E-state index < -0.39 is 0 Å². The van der Waals surface area contributed by atoms with Gasteiger partial charge in [0.15, 0.2) is 0 Å². The molecule has 0 fully saturated rings. The molecule has 4 aromatic rings. The Bertz CT molecular complexity index is 1020. The molecule has 0 atom stereocenters. The third kappa shape index (κ3) is 2.38. The summed E-state index contributed by atoms with van der Waals surface area (Å²) in [4.78, 5) is 4.46. The van der Waals surface area contributed by atoms with Crippen LogP contribution in [0, 0.1) is 0 Å². The summed E-state index contributed by atoms with van der Waals surface area (Å²) in [6.45, 7) is 0. The van der Waals surface area contributed by atoms with Crippen LogP contribution < -0.4 is 10.5 Å². The van der Waals surface area contributed by atoms with Gasteiger partial charge in [0.1, 0.15) is 11.4 Å². The van der Waals surface area contributed by atoms with Crippen molar-refractivity contribution in [1.82, 2.24) is 9.38 Å². The minimum Gasteiger partial charge on any atom is -0.497 e. The van der Waals surface area contributed by atoms with E-state index in [1.807, 2.05) is 54.9 Å². The minimum atomic E-state index is 0.728. The summed E-state index contributed by atoms with van der Waals surface area (Å²) in [7, 11) is 1.66. The Labute approximate surface area is 140 Å². The Morgan fingerprint density at radius 1 is 0.958 bits per heavy atom. The summed E-state index contributed by atoms with van der Waals surface area (Å²) < 4.78 is 7.40. The second-order valence-corrected chi connectivity index (χ2v) is 5.61. The molecule has 4 rings (SSSR count). The molecule has 0 aliphatic heterocycles. The number of hydrogen-bond acceptors (Lipinski definition) is 3. The monoisotopic (exact) mass is 315 g/mol. The van der Waals surface area contributed by atoms with Gasteiger partial charge in [0.2, 0.25) is 0 Å². The number of nitrogen functional groups attached to an aromatic ring is 1. The maximum Gasteiger partial charge on any atom is 0.137 e. The van der Waals surface area contributed by atoms with Crippen molar-refractivity contribution in [2.45, 2.75) is 0 Å². The Hall–Kier alpha value is -3.27. The number of nitrogens with zero attached hydrogens (tertiary/aromatic N) is 2. The zero-order chi connectivity index (χ0) is 16.5. The van der Waals surface area contributed by atoms with Gasteiger partial charge in [0, 0.05) is 23.0 Å². The third-order valence-electron chi connectivity index (χ3n) is 4.15. The normalized spacial score (nSPS) is 10.9. The van der Waals surface area contributed by atoms with Gasteiger partial charge in [-0.1, -0.05) is 24.3 Å². The highest BCUT2D eigenvalue weighted by molar-refractivity contribution is 5.80. The van der Waals surface area contributed by atoms with Gasteiger partial charge in [-0.25, -0.2) is 4.98 Å². The highest BCUT2D eigenvalue weighted by Gasteiger charge is 2.09. The number of aromatic nitrogens is 2. The Kier molecular flexibility index (Phi) is 3.43. The molecule has 0 aliphatic carbocycles.